The second-order valence-corrected chi connectivity index (χ2v) is 9.77. The quantitative estimate of drug-likeness (QED) is 0.232. The Balaban J connectivity index is 1.44. The number of phenolic OH excluding ortho intramolecular Hbond substituents is 1. The monoisotopic (exact) mass is 536 g/mol. The van der Waals surface area contributed by atoms with Crippen LogP contribution in [0, 0.1) is 11.8 Å². The van der Waals surface area contributed by atoms with Crippen LogP contribution >= 0.6 is 0 Å². The molecule has 3 aliphatic rings. The summed E-state index contributed by atoms with van der Waals surface area (Å²) < 4.78 is 27.1. The SMILES string of the molecule is COC(=O)C1=CO[C@@H](O[C@@H]2O[C@H](CO)[C@@H](OC(=O)C=Cc3ccc(O)cc3)[C@H](O)[C@H]2O)[C@H]2[C@@H]1CC[C@]2(C)O. The highest BCUT2D eigenvalue weighted by molar-refractivity contribution is 5.89. The first-order valence-corrected chi connectivity index (χ1v) is 12.2. The van der Waals surface area contributed by atoms with Crippen molar-refractivity contribution in [3.8, 4) is 5.75 Å². The van der Waals surface area contributed by atoms with Crippen LogP contribution in [-0.4, -0.2) is 93.8 Å². The van der Waals surface area contributed by atoms with Crippen LogP contribution in [0.15, 0.2) is 42.2 Å². The molecule has 0 amide bonds. The van der Waals surface area contributed by atoms with Crippen LogP contribution in [0.1, 0.15) is 25.3 Å². The van der Waals surface area contributed by atoms with E-state index in [2.05, 4.69) is 0 Å². The molecule has 1 saturated heterocycles. The van der Waals surface area contributed by atoms with Gasteiger partial charge in [-0.1, -0.05) is 12.1 Å². The van der Waals surface area contributed by atoms with Crippen LogP contribution in [0.3, 0.4) is 0 Å². The summed E-state index contributed by atoms with van der Waals surface area (Å²) in [7, 11) is 1.24. The molecule has 1 aromatic rings. The van der Waals surface area contributed by atoms with E-state index in [1.807, 2.05) is 0 Å². The van der Waals surface area contributed by atoms with Crippen LogP contribution in [0.5, 0.6) is 5.75 Å². The molecule has 1 saturated carbocycles. The first-order valence-electron chi connectivity index (χ1n) is 12.2. The molecule has 5 N–H and O–H groups in total. The van der Waals surface area contributed by atoms with Crippen LogP contribution in [0.2, 0.25) is 0 Å². The van der Waals surface area contributed by atoms with Gasteiger partial charge in [0.25, 0.3) is 0 Å². The second kappa shape index (κ2) is 11.4. The summed E-state index contributed by atoms with van der Waals surface area (Å²) in [5.41, 5.74) is -0.425. The maximum absolute atomic E-state index is 12.4. The normalized spacial score (nSPS) is 36.7. The fourth-order valence-electron chi connectivity index (χ4n) is 5.17. The van der Waals surface area contributed by atoms with Gasteiger partial charge in [-0.05, 0) is 43.5 Å². The van der Waals surface area contributed by atoms with Crippen molar-refractivity contribution >= 4 is 18.0 Å². The molecule has 1 aromatic carbocycles. The predicted octanol–water partition coefficient (Wildman–Crippen LogP) is -0.0368. The fourth-order valence-corrected chi connectivity index (χ4v) is 5.17. The lowest BCUT2D eigenvalue weighted by Gasteiger charge is -2.44. The molecular formula is C26H32O12. The molecule has 0 aromatic heterocycles. The molecular weight excluding hydrogens is 504 g/mol. The lowest BCUT2D eigenvalue weighted by atomic mass is 9.81. The van der Waals surface area contributed by atoms with Crippen molar-refractivity contribution in [2.75, 3.05) is 13.7 Å². The van der Waals surface area contributed by atoms with Gasteiger partial charge in [0.2, 0.25) is 6.29 Å². The number of phenols is 1. The van der Waals surface area contributed by atoms with Crippen molar-refractivity contribution in [1.82, 2.24) is 0 Å². The van der Waals surface area contributed by atoms with E-state index in [4.69, 9.17) is 23.7 Å². The number of ether oxygens (including phenoxy) is 5. The molecule has 12 heteroatoms. The number of hydrogen-bond donors (Lipinski definition) is 5. The third-order valence-corrected chi connectivity index (χ3v) is 7.20. The van der Waals surface area contributed by atoms with Crippen molar-refractivity contribution in [2.24, 2.45) is 11.8 Å². The van der Waals surface area contributed by atoms with Crippen LogP contribution in [0.25, 0.3) is 6.08 Å². The Morgan fingerprint density at radius 2 is 1.87 bits per heavy atom. The van der Waals surface area contributed by atoms with E-state index in [9.17, 15) is 35.1 Å². The summed E-state index contributed by atoms with van der Waals surface area (Å²) in [4.78, 5) is 24.5. The second-order valence-electron chi connectivity index (χ2n) is 9.77. The van der Waals surface area contributed by atoms with E-state index in [1.165, 1.54) is 31.6 Å². The number of rotatable bonds is 7. The number of aromatic hydroxyl groups is 1. The van der Waals surface area contributed by atoms with Gasteiger partial charge in [-0.2, -0.15) is 0 Å². The molecule has 0 unspecified atom stereocenters. The minimum atomic E-state index is -1.71. The number of carbonyl (C=O) groups excluding carboxylic acids is 2. The maximum Gasteiger partial charge on any atom is 0.337 e. The van der Waals surface area contributed by atoms with Crippen molar-refractivity contribution in [3.63, 3.8) is 0 Å². The molecule has 2 fully saturated rings. The average Bonchev–Trinajstić information content (AvgIpc) is 3.23. The smallest absolute Gasteiger partial charge is 0.337 e. The molecule has 38 heavy (non-hydrogen) atoms. The van der Waals surface area contributed by atoms with Gasteiger partial charge in [0.05, 0.1) is 37.1 Å². The lowest BCUT2D eigenvalue weighted by molar-refractivity contribution is -0.346. The third-order valence-electron chi connectivity index (χ3n) is 7.20. The summed E-state index contributed by atoms with van der Waals surface area (Å²) in [6.07, 6.45) is -4.23. The molecule has 12 nitrogen and oxygen atoms in total. The zero-order valence-corrected chi connectivity index (χ0v) is 20.9. The molecule has 9 atom stereocenters. The van der Waals surface area contributed by atoms with Gasteiger partial charge in [-0.15, -0.1) is 0 Å². The van der Waals surface area contributed by atoms with Crippen LogP contribution < -0.4 is 0 Å². The summed E-state index contributed by atoms with van der Waals surface area (Å²) in [5.74, 6) is -2.55. The van der Waals surface area contributed by atoms with Gasteiger partial charge in [-0.25, -0.2) is 9.59 Å². The summed E-state index contributed by atoms with van der Waals surface area (Å²) in [6, 6.07) is 6.03. The van der Waals surface area contributed by atoms with E-state index in [0.29, 0.717) is 18.4 Å². The number of aliphatic hydroxyl groups is 4. The minimum absolute atomic E-state index is 0.0642. The Kier molecular flexibility index (Phi) is 8.40. The van der Waals surface area contributed by atoms with Crippen molar-refractivity contribution in [2.45, 2.75) is 62.4 Å². The van der Waals surface area contributed by atoms with E-state index >= 15 is 0 Å². The van der Waals surface area contributed by atoms with Crippen LogP contribution in [-0.2, 0) is 33.3 Å². The Bertz CT molecular complexity index is 1060. The van der Waals surface area contributed by atoms with E-state index < -0.39 is 73.0 Å². The molecule has 0 bridgehead atoms. The Morgan fingerprint density at radius 1 is 1.16 bits per heavy atom. The standard InChI is InChI=1S/C26H32O12/c1-26(33)10-9-15-16(23(32)34-2)12-35-24(19(15)26)38-25-21(31)20(30)22(17(11-27)36-25)37-18(29)8-5-13-3-6-14(28)7-4-13/h3-8,12,15,17,19-22,24-25,27-28,30-31,33H,9-11H2,1-2H3/t15-,17-,19-,20-,21-,22-,24+,25+,26+/m1/s1. The van der Waals surface area contributed by atoms with E-state index in [0.717, 1.165) is 6.08 Å². The van der Waals surface area contributed by atoms with Gasteiger partial charge in [0.15, 0.2) is 12.4 Å². The highest BCUT2D eigenvalue weighted by atomic mass is 16.8. The lowest BCUT2D eigenvalue weighted by Crippen LogP contribution is -2.61. The van der Waals surface area contributed by atoms with Gasteiger partial charge < -0.3 is 49.2 Å². The molecule has 4 rings (SSSR count). The number of carbonyl (C=O) groups is 2. The Morgan fingerprint density at radius 3 is 2.53 bits per heavy atom. The van der Waals surface area contributed by atoms with Gasteiger partial charge >= 0.3 is 11.9 Å². The molecule has 2 aliphatic heterocycles. The zero-order valence-electron chi connectivity index (χ0n) is 20.9. The molecule has 208 valence electrons. The van der Waals surface area contributed by atoms with Crippen LogP contribution in [0.4, 0.5) is 0 Å². The highest BCUT2D eigenvalue weighted by Crippen LogP contribution is 2.49. The number of benzene rings is 1. The minimum Gasteiger partial charge on any atom is -0.508 e. The van der Waals surface area contributed by atoms with Gasteiger partial charge in [0, 0.05) is 12.0 Å². The first kappa shape index (κ1) is 28.0. The first-order chi connectivity index (χ1) is 18.1. The van der Waals surface area contributed by atoms with Gasteiger partial charge in [0.1, 0.15) is 24.1 Å². The molecule has 0 radical (unpaired) electrons. The van der Waals surface area contributed by atoms with E-state index in [-0.39, 0.29) is 11.3 Å². The Labute approximate surface area is 218 Å². The molecule has 1 aliphatic carbocycles. The predicted molar refractivity (Wildman–Crippen MR) is 128 cm³/mol. The number of fused-ring (bicyclic) bond motifs is 1. The maximum atomic E-state index is 12.4. The fraction of sp³-hybridized carbons (Fsp3) is 0.538. The Hall–Kier alpha value is -3.00. The zero-order chi connectivity index (χ0) is 27.6. The topological polar surface area (TPSA) is 181 Å². The summed E-state index contributed by atoms with van der Waals surface area (Å²) in [6.45, 7) is 0.910. The van der Waals surface area contributed by atoms with Gasteiger partial charge in [-0.3, -0.25) is 0 Å². The molecule has 0 spiro atoms. The highest BCUT2D eigenvalue weighted by Gasteiger charge is 2.56. The van der Waals surface area contributed by atoms with E-state index in [1.54, 1.807) is 19.1 Å². The largest absolute Gasteiger partial charge is 0.508 e. The average molecular weight is 537 g/mol. The summed E-state index contributed by atoms with van der Waals surface area (Å²) in [5, 5.41) is 51.6. The summed E-state index contributed by atoms with van der Waals surface area (Å²) >= 11 is 0. The van der Waals surface area contributed by atoms with Crippen molar-refractivity contribution < 1.29 is 58.8 Å². The number of hydrogen-bond acceptors (Lipinski definition) is 12. The third kappa shape index (κ3) is 5.70. The van der Waals surface area contributed by atoms with Crippen molar-refractivity contribution in [1.29, 1.82) is 0 Å². The number of methoxy groups -OCH3 is 1. The number of aliphatic hydroxyl groups excluding tert-OH is 3. The number of esters is 2. The molecule has 2 heterocycles. The van der Waals surface area contributed by atoms with Crippen molar-refractivity contribution in [3.05, 3.63) is 47.7 Å².